The highest BCUT2D eigenvalue weighted by molar-refractivity contribution is 7.47. The van der Waals surface area contributed by atoms with Crippen LogP contribution in [0.4, 0.5) is 0 Å². The summed E-state index contributed by atoms with van der Waals surface area (Å²) in [6, 6.07) is 0. The topological polar surface area (TPSA) is 210 Å². The molecule has 0 amide bonds. The fourth-order valence-corrected chi connectivity index (χ4v) is 8.32. The molecule has 6 unspecified atom stereocenters. The summed E-state index contributed by atoms with van der Waals surface area (Å²) >= 11 is 0. The highest BCUT2D eigenvalue weighted by Crippen LogP contribution is 2.47. The van der Waals surface area contributed by atoms with Crippen molar-refractivity contribution in [3.63, 3.8) is 0 Å². The number of esters is 2. The molecule has 0 saturated heterocycles. The van der Waals surface area contributed by atoms with E-state index in [1.54, 1.807) is 0 Å². The second-order valence-corrected chi connectivity index (χ2v) is 18.7. The number of phosphoric acid groups is 1. The second-order valence-electron chi connectivity index (χ2n) is 17.3. The zero-order chi connectivity index (χ0) is 47.1. The van der Waals surface area contributed by atoms with Crippen molar-refractivity contribution in [1.82, 2.24) is 0 Å². The molecule has 0 aromatic rings. The lowest BCUT2D eigenvalue weighted by Gasteiger charge is -2.41. The number of phosphoric ester groups is 1. The van der Waals surface area contributed by atoms with Crippen LogP contribution in [-0.4, -0.2) is 98.3 Å². The number of carbonyl (C=O) groups is 2. The Morgan fingerprint density at radius 2 is 0.844 bits per heavy atom. The lowest BCUT2D eigenvalue weighted by Crippen LogP contribution is -2.64. The summed E-state index contributed by atoms with van der Waals surface area (Å²) < 4.78 is 33.6. The van der Waals surface area contributed by atoms with Crippen LogP contribution in [0.1, 0.15) is 200 Å². The maximum absolute atomic E-state index is 12.8. The average Bonchev–Trinajstić information content (AvgIpc) is 3.28. The van der Waals surface area contributed by atoms with Gasteiger partial charge in [0.15, 0.2) is 6.10 Å². The third kappa shape index (κ3) is 31.7. The van der Waals surface area contributed by atoms with E-state index in [2.05, 4.69) is 62.5 Å². The van der Waals surface area contributed by atoms with Gasteiger partial charge < -0.3 is 39.9 Å². The van der Waals surface area contributed by atoms with E-state index in [0.717, 1.165) is 83.5 Å². The van der Waals surface area contributed by atoms with Gasteiger partial charge in [0.2, 0.25) is 0 Å². The van der Waals surface area contributed by atoms with Crippen molar-refractivity contribution >= 4 is 19.8 Å². The van der Waals surface area contributed by atoms with Crippen molar-refractivity contribution < 1.29 is 63.1 Å². The molecule has 1 saturated carbocycles. The Hall–Kier alpha value is -2.19. The van der Waals surface area contributed by atoms with Gasteiger partial charge in [-0.3, -0.25) is 18.6 Å². The second kappa shape index (κ2) is 39.9. The highest BCUT2D eigenvalue weighted by Gasteiger charge is 2.51. The van der Waals surface area contributed by atoms with Crippen LogP contribution in [0.5, 0.6) is 0 Å². The Morgan fingerprint density at radius 1 is 0.484 bits per heavy atom. The molecule has 14 heteroatoms. The van der Waals surface area contributed by atoms with Crippen LogP contribution in [0, 0.1) is 0 Å². The number of allylic oxidation sites excluding steroid dienone is 8. The van der Waals surface area contributed by atoms with Crippen molar-refractivity contribution in [2.75, 3.05) is 13.2 Å². The molecule has 0 spiro atoms. The molecule has 64 heavy (non-hydrogen) atoms. The Kier molecular flexibility index (Phi) is 37.3. The van der Waals surface area contributed by atoms with E-state index < -0.39 is 75.7 Å². The molecule has 0 aromatic heterocycles. The summed E-state index contributed by atoms with van der Waals surface area (Å²) in [6.07, 6.45) is 34.4. The van der Waals surface area contributed by atoms with E-state index in [4.69, 9.17) is 18.5 Å². The monoisotopic (exact) mass is 929 g/mol. The van der Waals surface area contributed by atoms with Crippen molar-refractivity contribution in [2.45, 2.75) is 243 Å². The third-order valence-electron chi connectivity index (χ3n) is 11.4. The molecule has 0 radical (unpaired) electrons. The standard InChI is InChI=1S/C50H89O13P/c1-3-5-7-9-11-13-15-17-19-21-22-23-25-27-29-31-33-35-37-39-44(52)62-42(41-61-64(58,59)63-50-48(56)46(54)45(53)47(55)49(50)57)40-60-43(51)38-36-34-32-30-28-26-24-20-18-16-14-12-10-8-6-4-2/h11,13-14,16-17,19-20,24,42,45-50,53-57H,3-10,12,15,18,21-23,25-41H2,1-2H3,(H,58,59)/b13-11-,16-14-,19-17-,24-20-. The number of hydrogen-bond donors (Lipinski definition) is 6. The van der Waals surface area contributed by atoms with Crippen LogP contribution in [-0.2, 0) is 32.7 Å². The lowest BCUT2D eigenvalue weighted by molar-refractivity contribution is -0.220. The van der Waals surface area contributed by atoms with Crippen LogP contribution in [0.3, 0.4) is 0 Å². The molecule has 0 bridgehead atoms. The first-order valence-corrected chi connectivity index (χ1v) is 26.4. The Bertz CT molecular complexity index is 1300. The van der Waals surface area contributed by atoms with Gasteiger partial charge in [0.05, 0.1) is 6.61 Å². The van der Waals surface area contributed by atoms with Crippen molar-refractivity contribution in [3.8, 4) is 0 Å². The summed E-state index contributed by atoms with van der Waals surface area (Å²) in [4.78, 5) is 35.8. The first kappa shape index (κ1) is 59.8. The van der Waals surface area contributed by atoms with Crippen LogP contribution >= 0.6 is 7.82 Å². The van der Waals surface area contributed by atoms with Gasteiger partial charge >= 0.3 is 19.8 Å². The number of hydrogen-bond acceptors (Lipinski definition) is 12. The molecular weight excluding hydrogens is 840 g/mol. The van der Waals surface area contributed by atoms with Gasteiger partial charge in [0.25, 0.3) is 0 Å². The van der Waals surface area contributed by atoms with E-state index in [-0.39, 0.29) is 12.8 Å². The summed E-state index contributed by atoms with van der Waals surface area (Å²) in [7, 11) is -5.13. The largest absolute Gasteiger partial charge is 0.472 e. The molecule has 1 fully saturated rings. The zero-order valence-corrected chi connectivity index (χ0v) is 40.5. The molecule has 1 rings (SSSR count). The zero-order valence-electron chi connectivity index (χ0n) is 39.6. The fraction of sp³-hybridized carbons (Fsp3) is 0.800. The van der Waals surface area contributed by atoms with Crippen molar-refractivity contribution in [2.24, 2.45) is 0 Å². The van der Waals surface area contributed by atoms with Gasteiger partial charge in [-0.05, 0) is 77.0 Å². The maximum Gasteiger partial charge on any atom is 0.472 e. The van der Waals surface area contributed by atoms with Gasteiger partial charge in [0, 0.05) is 12.8 Å². The predicted molar refractivity (Wildman–Crippen MR) is 253 cm³/mol. The van der Waals surface area contributed by atoms with Gasteiger partial charge in [-0.2, -0.15) is 0 Å². The molecule has 1 aliphatic rings. The SMILES string of the molecule is CCCCC/C=C\C/C=C\CCCCCCCCCCCC(=O)OC(COC(=O)CCCCCCC/C=C\C/C=C\CCCCCC)COP(=O)(O)OC1C(O)C(O)C(O)C(O)C1O. The minimum absolute atomic E-state index is 0.0878. The molecule has 372 valence electrons. The third-order valence-corrected chi connectivity index (χ3v) is 12.4. The molecule has 0 heterocycles. The lowest BCUT2D eigenvalue weighted by atomic mass is 9.85. The fourth-order valence-electron chi connectivity index (χ4n) is 7.35. The smallest absolute Gasteiger partial charge is 0.462 e. The first-order chi connectivity index (χ1) is 30.9. The van der Waals surface area contributed by atoms with Crippen molar-refractivity contribution in [1.29, 1.82) is 0 Å². The maximum atomic E-state index is 12.8. The first-order valence-electron chi connectivity index (χ1n) is 24.9. The molecule has 13 nitrogen and oxygen atoms in total. The summed E-state index contributed by atoms with van der Waals surface area (Å²) in [6.45, 7) is 3.25. The number of rotatable bonds is 41. The predicted octanol–water partition coefficient (Wildman–Crippen LogP) is 10.3. The minimum atomic E-state index is -5.13. The van der Waals surface area contributed by atoms with Gasteiger partial charge in [-0.1, -0.05) is 159 Å². The highest BCUT2D eigenvalue weighted by atomic mass is 31.2. The van der Waals surface area contributed by atoms with E-state index in [1.807, 2.05) is 0 Å². The molecule has 1 aliphatic carbocycles. The van der Waals surface area contributed by atoms with Crippen LogP contribution in [0.2, 0.25) is 0 Å². The number of aliphatic hydroxyl groups is 5. The van der Waals surface area contributed by atoms with Gasteiger partial charge in [-0.15, -0.1) is 0 Å². The molecule has 0 aromatic carbocycles. The van der Waals surface area contributed by atoms with E-state index in [9.17, 15) is 44.6 Å². The average molecular weight is 929 g/mol. The summed E-state index contributed by atoms with van der Waals surface area (Å²) in [5.41, 5.74) is 0. The number of unbranched alkanes of at least 4 members (excludes halogenated alkanes) is 21. The summed E-state index contributed by atoms with van der Waals surface area (Å²) in [5, 5.41) is 50.2. The Morgan fingerprint density at radius 3 is 1.30 bits per heavy atom. The summed E-state index contributed by atoms with van der Waals surface area (Å²) in [5.74, 6) is -1.12. The quantitative estimate of drug-likeness (QED) is 0.0146. The molecule has 0 aliphatic heterocycles. The van der Waals surface area contributed by atoms with E-state index in [0.29, 0.717) is 12.8 Å². The van der Waals surface area contributed by atoms with Crippen molar-refractivity contribution in [3.05, 3.63) is 48.6 Å². The van der Waals surface area contributed by atoms with Crippen LogP contribution < -0.4 is 0 Å². The van der Waals surface area contributed by atoms with E-state index >= 15 is 0 Å². The Labute approximate surface area is 386 Å². The molecular formula is C50H89O13P. The molecule has 6 N–H and O–H groups in total. The number of carbonyl (C=O) groups excluding carboxylic acids is 2. The van der Waals surface area contributed by atoms with Gasteiger partial charge in [0.1, 0.15) is 43.2 Å². The molecule has 6 atom stereocenters. The van der Waals surface area contributed by atoms with Crippen LogP contribution in [0.25, 0.3) is 0 Å². The normalized spacial score (nSPS) is 21.9. The van der Waals surface area contributed by atoms with Crippen LogP contribution in [0.15, 0.2) is 48.6 Å². The Balaban J connectivity index is 2.43. The number of aliphatic hydroxyl groups excluding tert-OH is 5. The van der Waals surface area contributed by atoms with Gasteiger partial charge in [-0.25, -0.2) is 4.57 Å². The van der Waals surface area contributed by atoms with E-state index in [1.165, 1.54) is 77.0 Å². The minimum Gasteiger partial charge on any atom is -0.462 e. The number of ether oxygens (including phenoxy) is 2.